The van der Waals surface area contributed by atoms with Crippen molar-refractivity contribution in [3.8, 4) is 6.07 Å². The van der Waals surface area contributed by atoms with Crippen molar-refractivity contribution in [2.75, 3.05) is 5.32 Å². The van der Waals surface area contributed by atoms with Gasteiger partial charge in [0.15, 0.2) is 5.92 Å². The zero-order valence-corrected chi connectivity index (χ0v) is 10.8. The summed E-state index contributed by atoms with van der Waals surface area (Å²) in [7, 11) is 0. The summed E-state index contributed by atoms with van der Waals surface area (Å²) >= 11 is 0. The topological polar surface area (TPSA) is 73.1 Å². The minimum absolute atomic E-state index is 0.168. The first-order valence-corrected chi connectivity index (χ1v) is 6.20. The molecule has 4 heteroatoms. The number of nitriles is 1. The predicted molar refractivity (Wildman–Crippen MR) is 75.8 cm³/mol. The van der Waals surface area contributed by atoms with Gasteiger partial charge in [-0.3, -0.25) is 4.79 Å². The van der Waals surface area contributed by atoms with Crippen LogP contribution in [0.4, 0.5) is 5.69 Å². The molecule has 4 nitrogen and oxygen atoms in total. The van der Waals surface area contributed by atoms with E-state index in [1.165, 1.54) is 0 Å². The fourth-order valence-electron chi connectivity index (χ4n) is 1.92. The van der Waals surface area contributed by atoms with Crippen molar-refractivity contribution in [3.05, 3.63) is 65.7 Å². The van der Waals surface area contributed by atoms with Gasteiger partial charge in [0.25, 0.3) is 0 Å². The molecule has 2 rings (SSSR count). The summed E-state index contributed by atoms with van der Waals surface area (Å²) in [5.74, 6) is -1.28. The second kappa shape index (κ2) is 6.50. The molecule has 0 aliphatic rings. The molecule has 0 fully saturated rings. The molecule has 2 N–H and O–H groups in total. The van der Waals surface area contributed by atoms with Crippen LogP contribution >= 0.6 is 0 Å². The van der Waals surface area contributed by atoms with E-state index in [0.29, 0.717) is 16.8 Å². The van der Waals surface area contributed by atoms with Crippen LogP contribution in [0, 0.1) is 11.3 Å². The first-order chi connectivity index (χ1) is 9.76. The third-order valence-electron chi connectivity index (χ3n) is 2.97. The molecular weight excluding hydrogens is 252 g/mol. The van der Waals surface area contributed by atoms with Crippen molar-refractivity contribution < 1.29 is 9.90 Å². The average Bonchev–Trinajstić information content (AvgIpc) is 2.49. The number of rotatable bonds is 4. The Morgan fingerprint density at radius 1 is 1.15 bits per heavy atom. The maximum absolute atomic E-state index is 12.2. The Bertz CT molecular complexity index is 632. The summed E-state index contributed by atoms with van der Waals surface area (Å²) in [4.78, 5) is 12.2. The lowest BCUT2D eigenvalue weighted by Crippen LogP contribution is -2.20. The van der Waals surface area contributed by atoms with Gasteiger partial charge in [0, 0.05) is 11.3 Å². The normalized spacial score (nSPS) is 11.4. The van der Waals surface area contributed by atoms with E-state index in [2.05, 4.69) is 5.32 Å². The average molecular weight is 266 g/mol. The highest BCUT2D eigenvalue weighted by molar-refractivity contribution is 5.98. The van der Waals surface area contributed by atoms with Crippen LogP contribution < -0.4 is 5.32 Å². The van der Waals surface area contributed by atoms with Gasteiger partial charge in [-0.25, -0.2) is 0 Å². The van der Waals surface area contributed by atoms with E-state index >= 15 is 0 Å². The smallest absolute Gasteiger partial charge is 0.246 e. The number of hydrogen-bond donors (Lipinski definition) is 2. The second-order valence-corrected chi connectivity index (χ2v) is 4.28. The first-order valence-electron chi connectivity index (χ1n) is 6.20. The lowest BCUT2D eigenvalue weighted by atomic mass is 9.99. The van der Waals surface area contributed by atoms with Crippen LogP contribution in [-0.2, 0) is 11.4 Å². The quantitative estimate of drug-likeness (QED) is 0.892. The molecule has 0 radical (unpaired) electrons. The van der Waals surface area contributed by atoms with Crippen LogP contribution in [-0.4, -0.2) is 11.0 Å². The number of nitrogens with one attached hydrogen (secondary N) is 1. The van der Waals surface area contributed by atoms with Crippen LogP contribution in [0.2, 0.25) is 0 Å². The molecule has 1 atom stereocenters. The molecule has 100 valence electrons. The van der Waals surface area contributed by atoms with Gasteiger partial charge in [-0.15, -0.1) is 0 Å². The number of carbonyl (C=O) groups is 1. The fourth-order valence-corrected chi connectivity index (χ4v) is 1.92. The Morgan fingerprint density at radius 2 is 1.80 bits per heavy atom. The molecule has 0 aliphatic carbocycles. The second-order valence-electron chi connectivity index (χ2n) is 4.28. The minimum atomic E-state index is -0.872. The molecule has 20 heavy (non-hydrogen) atoms. The number of hydrogen-bond acceptors (Lipinski definition) is 3. The zero-order valence-electron chi connectivity index (χ0n) is 10.8. The molecule has 0 heterocycles. The van der Waals surface area contributed by atoms with Crippen molar-refractivity contribution in [2.45, 2.75) is 12.5 Å². The van der Waals surface area contributed by atoms with E-state index in [4.69, 9.17) is 0 Å². The molecule has 0 bridgehead atoms. The maximum Gasteiger partial charge on any atom is 0.246 e. The number of para-hydroxylation sites is 1. The lowest BCUT2D eigenvalue weighted by molar-refractivity contribution is -0.116. The van der Waals surface area contributed by atoms with Crippen molar-refractivity contribution in [1.82, 2.24) is 0 Å². The van der Waals surface area contributed by atoms with Gasteiger partial charge in [-0.1, -0.05) is 48.5 Å². The SMILES string of the molecule is N#CC(C(=O)Nc1ccccc1CO)c1ccccc1. The van der Waals surface area contributed by atoms with Gasteiger partial charge >= 0.3 is 0 Å². The van der Waals surface area contributed by atoms with Crippen molar-refractivity contribution in [2.24, 2.45) is 0 Å². The van der Waals surface area contributed by atoms with Gasteiger partial charge in [0.2, 0.25) is 5.91 Å². The van der Waals surface area contributed by atoms with Crippen LogP contribution in [0.3, 0.4) is 0 Å². The molecular formula is C16H14N2O2. The van der Waals surface area contributed by atoms with E-state index < -0.39 is 11.8 Å². The summed E-state index contributed by atoms with van der Waals surface area (Å²) in [6.07, 6.45) is 0. The van der Waals surface area contributed by atoms with E-state index in [1.807, 2.05) is 12.1 Å². The predicted octanol–water partition coefficient (Wildman–Crippen LogP) is 2.42. The zero-order chi connectivity index (χ0) is 14.4. The monoisotopic (exact) mass is 266 g/mol. The molecule has 1 unspecified atom stereocenters. The van der Waals surface area contributed by atoms with Gasteiger partial charge in [0.1, 0.15) is 0 Å². The van der Waals surface area contributed by atoms with Gasteiger partial charge < -0.3 is 10.4 Å². The van der Waals surface area contributed by atoms with E-state index in [1.54, 1.807) is 48.5 Å². The number of amides is 1. The van der Waals surface area contributed by atoms with Crippen LogP contribution in [0.25, 0.3) is 0 Å². The van der Waals surface area contributed by atoms with E-state index in [0.717, 1.165) is 0 Å². The Balaban J connectivity index is 2.21. The van der Waals surface area contributed by atoms with Crippen LogP contribution in [0.5, 0.6) is 0 Å². The lowest BCUT2D eigenvalue weighted by Gasteiger charge is -2.12. The van der Waals surface area contributed by atoms with Crippen molar-refractivity contribution >= 4 is 11.6 Å². The molecule has 0 aliphatic heterocycles. The van der Waals surface area contributed by atoms with Crippen molar-refractivity contribution in [1.29, 1.82) is 5.26 Å². The number of aliphatic hydroxyl groups is 1. The highest BCUT2D eigenvalue weighted by atomic mass is 16.3. The maximum atomic E-state index is 12.2. The number of anilines is 1. The molecule has 0 aromatic heterocycles. The Labute approximate surface area is 117 Å². The van der Waals surface area contributed by atoms with Gasteiger partial charge in [-0.05, 0) is 11.6 Å². The molecule has 1 amide bonds. The molecule has 0 saturated heterocycles. The molecule has 0 spiro atoms. The first kappa shape index (κ1) is 13.8. The van der Waals surface area contributed by atoms with Crippen LogP contribution in [0.15, 0.2) is 54.6 Å². The highest BCUT2D eigenvalue weighted by Gasteiger charge is 2.20. The van der Waals surface area contributed by atoms with E-state index in [-0.39, 0.29) is 6.61 Å². The molecule has 2 aromatic rings. The number of nitrogens with zero attached hydrogens (tertiary/aromatic N) is 1. The summed E-state index contributed by atoms with van der Waals surface area (Å²) in [6.45, 7) is -0.168. The fraction of sp³-hybridized carbons (Fsp3) is 0.125. The Kier molecular flexibility index (Phi) is 4.48. The number of carbonyl (C=O) groups excluding carboxylic acids is 1. The Morgan fingerprint density at radius 3 is 2.45 bits per heavy atom. The third kappa shape index (κ3) is 3.02. The standard InChI is InChI=1S/C16H14N2O2/c17-10-14(12-6-2-1-3-7-12)16(20)18-15-9-5-4-8-13(15)11-19/h1-9,14,19H,11H2,(H,18,20). The molecule has 0 saturated carbocycles. The Hall–Kier alpha value is -2.64. The van der Waals surface area contributed by atoms with Crippen molar-refractivity contribution in [3.63, 3.8) is 0 Å². The van der Waals surface area contributed by atoms with Gasteiger partial charge in [-0.2, -0.15) is 5.26 Å². The van der Waals surface area contributed by atoms with Crippen LogP contribution in [0.1, 0.15) is 17.0 Å². The summed E-state index contributed by atoms with van der Waals surface area (Å²) in [5.41, 5.74) is 1.79. The highest BCUT2D eigenvalue weighted by Crippen LogP contribution is 2.20. The summed E-state index contributed by atoms with van der Waals surface area (Å²) < 4.78 is 0. The number of aliphatic hydroxyl groups excluding tert-OH is 1. The summed E-state index contributed by atoms with van der Waals surface area (Å²) in [6, 6.07) is 17.8. The number of benzene rings is 2. The minimum Gasteiger partial charge on any atom is -0.392 e. The summed E-state index contributed by atoms with van der Waals surface area (Å²) in [5, 5.41) is 21.1. The van der Waals surface area contributed by atoms with Gasteiger partial charge in [0.05, 0.1) is 12.7 Å². The van der Waals surface area contributed by atoms with E-state index in [9.17, 15) is 15.2 Å². The third-order valence-corrected chi connectivity index (χ3v) is 2.97. The largest absolute Gasteiger partial charge is 0.392 e. The molecule has 2 aromatic carbocycles.